The number of anilines is 1. The van der Waals surface area contributed by atoms with Crippen LogP contribution in [0.5, 0.6) is 0 Å². The largest absolute Gasteiger partial charge is 0.365 e. The van der Waals surface area contributed by atoms with E-state index >= 15 is 0 Å². The third-order valence-electron chi connectivity index (χ3n) is 3.21. The van der Waals surface area contributed by atoms with Crippen LogP contribution < -0.4 is 5.32 Å². The van der Waals surface area contributed by atoms with Gasteiger partial charge in [0.25, 0.3) is 5.91 Å². The summed E-state index contributed by atoms with van der Waals surface area (Å²) in [5, 5.41) is 5.99. The number of hydrogen-bond acceptors (Lipinski definition) is 5. The van der Waals surface area contributed by atoms with E-state index in [0.717, 1.165) is 0 Å². The minimum atomic E-state index is -0.758. The summed E-state index contributed by atoms with van der Waals surface area (Å²) in [5.74, 6) is -2.11. The first-order valence-corrected chi connectivity index (χ1v) is 8.25. The van der Waals surface area contributed by atoms with Crippen molar-refractivity contribution in [3.8, 4) is 0 Å². The zero-order valence-electron chi connectivity index (χ0n) is 11.9. The van der Waals surface area contributed by atoms with E-state index in [9.17, 15) is 14.4 Å². The van der Waals surface area contributed by atoms with E-state index in [2.05, 4.69) is 42.3 Å². The van der Waals surface area contributed by atoms with E-state index in [-0.39, 0.29) is 11.1 Å². The van der Waals surface area contributed by atoms with Crippen molar-refractivity contribution in [1.29, 1.82) is 0 Å². The van der Waals surface area contributed by atoms with Crippen molar-refractivity contribution in [2.75, 3.05) is 5.32 Å². The second-order valence-electron chi connectivity index (χ2n) is 4.78. The predicted octanol–water partition coefficient (Wildman–Crippen LogP) is 3.56. The number of nitrogens with one attached hydrogen (secondary N) is 1. The summed E-state index contributed by atoms with van der Waals surface area (Å²) >= 11 is 6.59. The molecule has 1 N–H and O–H groups in total. The van der Waals surface area contributed by atoms with Crippen LogP contribution in [0.15, 0.2) is 56.6 Å². The lowest BCUT2D eigenvalue weighted by Crippen LogP contribution is -2.36. The second kappa shape index (κ2) is 6.66. The van der Waals surface area contributed by atoms with Crippen LogP contribution in [-0.2, 0) is 9.63 Å². The smallest absolute Gasteiger partial charge is 0.320 e. The highest BCUT2D eigenvalue weighted by Crippen LogP contribution is 2.32. The van der Waals surface area contributed by atoms with Crippen LogP contribution in [0.3, 0.4) is 0 Å². The summed E-state index contributed by atoms with van der Waals surface area (Å²) in [5.41, 5.74) is 0.381. The Morgan fingerprint density at radius 3 is 2.42 bits per heavy atom. The number of rotatable bonds is 2. The van der Waals surface area contributed by atoms with Crippen LogP contribution in [0.4, 0.5) is 5.69 Å². The van der Waals surface area contributed by atoms with Gasteiger partial charge in [-0.15, -0.1) is 0 Å². The molecule has 0 bridgehead atoms. The molecule has 0 aromatic heterocycles. The van der Waals surface area contributed by atoms with Gasteiger partial charge >= 0.3 is 5.97 Å². The van der Waals surface area contributed by atoms with E-state index in [4.69, 9.17) is 4.84 Å². The number of oxime groups is 1. The first-order chi connectivity index (χ1) is 11.5. The fourth-order valence-corrected chi connectivity index (χ4v) is 2.73. The molecule has 1 aliphatic rings. The van der Waals surface area contributed by atoms with Gasteiger partial charge in [-0.25, -0.2) is 4.79 Å². The molecule has 1 aliphatic heterocycles. The van der Waals surface area contributed by atoms with Gasteiger partial charge in [0.15, 0.2) is 0 Å². The summed E-state index contributed by atoms with van der Waals surface area (Å²) in [6.07, 6.45) is 0. The van der Waals surface area contributed by atoms with E-state index < -0.39 is 23.4 Å². The topological polar surface area (TPSA) is 84.8 Å². The molecule has 0 aliphatic carbocycles. The molecule has 2 aromatic rings. The molecule has 120 valence electrons. The van der Waals surface area contributed by atoms with Gasteiger partial charge in [0, 0.05) is 14.5 Å². The fraction of sp³-hybridized carbons (Fsp3) is 0. The van der Waals surface area contributed by atoms with Crippen LogP contribution in [0.25, 0.3) is 0 Å². The van der Waals surface area contributed by atoms with Crippen LogP contribution in [-0.4, -0.2) is 23.4 Å². The maximum atomic E-state index is 12.4. The van der Waals surface area contributed by atoms with Crippen molar-refractivity contribution < 1.29 is 19.2 Å². The molecule has 6 nitrogen and oxygen atoms in total. The summed E-state index contributed by atoms with van der Waals surface area (Å²) < 4.78 is 1.33. The number of carbonyl (C=O) groups excluding carboxylic acids is 3. The monoisotopic (exact) mass is 450 g/mol. The zero-order valence-corrected chi connectivity index (χ0v) is 15.0. The maximum absolute atomic E-state index is 12.4. The first-order valence-electron chi connectivity index (χ1n) is 6.67. The highest BCUT2D eigenvalue weighted by atomic mass is 79.9. The molecule has 0 unspecified atom stereocenters. The predicted molar refractivity (Wildman–Crippen MR) is 94.1 cm³/mol. The number of Topliss-reactive ketones (excluding diaryl/α,β-unsaturated/α-hetero) is 1. The third kappa shape index (κ3) is 3.15. The number of hydrogen-bond donors (Lipinski definition) is 1. The number of nitrogens with zero attached hydrogens (tertiary/aromatic N) is 1. The minimum absolute atomic E-state index is 0.249. The molecule has 1 heterocycles. The van der Waals surface area contributed by atoms with E-state index in [0.29, 0.717) is 14.6 Å². The fourth-order valence-electron chi connectivity index (χ4n) is 2.05. The summed E-state index contributed by atoms with van der Waals surface area (Å²) in [6, 6.07) is 11.3. The Morgan fingerprint density at radius 2 is 1.71 bits per heavy atom. The number of amides is 1. The molecule has 0 fully saturated rings. The molecule has 0 saturated carbocycles. The molecule has 24 heavy (non-hydrogen) atoms. The Hall–Kier alpha value is -2.32. The van der Waals surface area contributed by atoms with E-state index in [1.54, 1.807) is 30.3 Å². The van der Waals surface area contributed by atoms with Gasteiger partial charge in [0.05, 0.1) is 11.3 Å². The highest BCUT2D eigenvalue weighted by Gasteiger charge is 2.32. The Bertz CT molecular complexity index is 894. The Labute approximate surface area is 153 Å². The molecular formula is C16H8Br2N2O4. The Balaban J connectivity index is 1.88. The highest BCUT2D eigenvalue weighted by molar-refractivity contribution is 9.13. The van der Waals surface area contributed by atoms with Crippen LogP contribution in [0, 0.1) is 0 Å². The van der Waals surface area contributed by atoms with Crippen molar-refractivity contribution >= 4 is 60.9 Å². The summed E-state index contributed by atoms with van der Waals surface area (Å²) in [6.45, 7) is 0. The number of halogens is 2. The number of fused-ring (bicyclic) bond motifs is 1. The molecule has 1 amide bonds. The molecule has 0 radical (unpaired) electrons. The maximum Gasteiger partial charge on any atom is 0.365 e. The molecule has 2 aromatic carbocycles. The van der Waals surface area contributed by atoms with Crippen molar-refractivity contribution in [3.63, 3.8) is 0 Å². The van der Waals surface area contributed by atoms with E-state index in [1.165, 1.54) is 12.1 Å². The van der Waals surface area contributed by atoms with Crippen LogP contribution in [0.1, 0.15) is 20.7 Å². The first kappa shape index (κ1) is 16.5. The lowest BCUT2D eigenvalue weighted by molar-refractivity contribution is -0.110. The van der Waals surface area contributed by atoms with E-state index in [1.807, 2.05) is 0 Å². The van der Waals surface area contributed by atoms with Crippen molar-refractivity contribution in [2.45, 2.75) is 0 Å². The minimum Gasteiger partial charge on any atom is -0.320 e. The van der Waals surface area contributed by atoms with Gasteiger partial charge in [-0.1, -0.05) is 23.4 Å². The summed E-state index contributed by atoms with van der Waals surface area (Å²) in [7, 11) is 0. The van der Waals surface area contributed by atoms with Gasteiger partial charge in [-0.3, -0.25) is 9.59 Å². The molecule has 0 spiro atoms. The second-order valence-corrected chi connectivity index (χ2v) is 6.49. The van der Waals surface area contributed by atoms with Gasteiger partial charge < -0.3 is 10.2 Å². The van der Waals surface area contributed by atoms with Crippen LogP contribution >= 0.6 is 31.9 Å². The van der Waals surface area contributed by atoms with Gasteiger partial charge in [-0.2, -0.15) is 0 Å². The average Bonchev–Trinajstić information content (AvgIpc) is 2.57. The lowest BCUT2D eigenvalue weighted by atomic mass is 10.0. The molecule has 8 heteroatoms. The standard InChI is InChI=1S/C16H8Br2N2O4/c17-10-6-9-12(7-11(10)18)19-15(22)13(14(9)21)20-24-16(23)8-4-2-1-3-5-8/h1-7H,(H,19,22). The lowest BCUT2D eigenvalue weighted by Gasteiger charge is -2.17. The Morgan fingerprint density at radius 1 is 1.04 bits per heavy atom. The number of ketones is 1. The quantitative estimate of drug-likeness (QED) is 0.558. The third-order valence-corrected chi connectivity index (χ3v) is 5.06. The van der Waals surface area contributed by atoms with Gasteiger partial charge in [-0.05, 0) is 56.1 Å². The molecule has 3 rings (SSSR count). The number of carbonyl (C=O) groups is 3. The normalized spacial score (nSPS) is 15.0. The van der Waals surface area contributed by atoms with Crippen LogP contribution in [0.2, 0.25) is 0 Å². The van der Waals surface area contributed by atoms with Crippen molar-refractivity contribution in [3.05, 3.63) is 62.5 Å². The SMILES string of the molecule is O=C1Nc2cc(Br)c(Br)cc2C(=O)C1=NOC(=O)c1ccccc1. The van der Waals surface area contributed by atoms with Gasteiger partial charge in [0.1, 0.15) is 0 Å². The van der Waals surface area contributed by atoms with Crippen molar-refractivity contribution in [2.24, 2.45) is 5.16 Å². The molecule has 0 saturated heterocycles. The average molecular weight is 452 g/mol. The molecule has 0 atom stereocenters. The number of benzene rings is 2. The molecular weight excluding hydrogens is 444 g/mol. The Kier molecular flexibility index (Phi) is 4.59. The zero-order chi connectivity index (χ0) is 17.3. The van der Waals surface area contributed by atoms with Gasteiger partial charge in [0.2, 0.25) is 11.5 Å². The summed E-state index contributed by atoms with van der Waals surface area (Å²) in [4.78, 5) is 41.0. The van der Waals surface area contributed by atoms with Crippen molar-refractivity contribution in [1.82, 2.24) is 0 Å².